The van der Waals surface area contributed by atoms with E-state index in [9.17, 15) is 21.6 Å². The lowest BCUT2D eigenvalue weighted by Gasteiger charge is -2.37. The molecule has 1 spiro atoms. The summed E-state index contributed by atoms with van der Waals surface area (Å²) in [5.41, 5.74) is -5.43. The summed E-state index contributed by atoms with van der Waals surface area (Å²) >= 11 is 0. The fraction of sp³-hybridized carbons (Fsp3) is 0.857. The standard InChI is InChI=1S/C14H19F3O5S/c1-2-9-7-11-10(3-4-13(11)20-5-6-21-13)12(8-9)22-23(18,19)14(15,16)17/h8-11H,2-7H2,1H3/t9-,10+,11+/m1/s1. The molecule has 0 unspecified atom stereocenters. The number of hydrogen-bond acceptors (Lipinski definition) is 5. The third kappa shape index (κ3) is 2.87. The Balaban J connectivity index is 1.89. The van der Waals surface area contributed by atoms with Gasteiger partial charge in [0.05, 0.1) is 13.2 Å². The zero-order valence-corrected chi connectivity index (χ0v) is 13.5. The summed E-state index contributed by atoms with van der Waals surface area (Å²) < 4.78 is 76.5. The summed E-state index contributed by atoms with van der Waals surface area (Å²) in [5.74, 6) is -1.58. The highest BCUT2D eigenvalue weighted by atomic mass is 32.2. The molecule has 3 aliphatic rings. The summed E-state index contributed by atoms with van der Waals surface area (Å²) in [4.78, 5) is 0. The van der Waals surface area contributed by atoms with Crippen molar-refractivity contribution in [2.75, 3.05) is 13.2 Å². The Morgan fingerprint density at radius 2 is 2.00 bits per heavy atom. The lowest BCUT2D eigenvalue weighted by molar-refractivity contribution is -0.190. The van der Waals surface area contributed by atoms with Crippen LogP contribution in [0.25, 0.3) is 0 Å². The van der Waals surface area contributed by atoms with Gasteiger partial charge in [0, 0.05) is 18.3 Å². The third-order valence-corrected chi connectivity index (χ3v) is 5.95. The quantitative estimate of drug-likeness (QED) is 0.575. The number of hydrogen-bond donors (Lipinski definition) is 0. The topological polar surface area (TPSA) is 61.8 Å². The van der Waals surface area contributed by atoms with Crippen LogP contribution in [0.5, 0.6) is 0 Å². The minimum absolute atomic E-state index is 0.0579. The van der Waals surface area contributed by atoms with Crippen LogP contribution in [0.1, 0.15) is 32.6 Å². The summed E-state index contributed by atoms with van der Waals surface area (Å²) in [7, 11) is -5.65. The van der Waals surface area contributed by atoms with Crippen LogP contribution in [0.2, 0.25) is 0 Å². The Bertz CT molecular complexity index is 592. The molecule has 0 aromatic carbocycles. The minimum Gasteiger partial charge on any atom is -0.381 e. The maximum atomic E-state index is 12.6. The molecule has 0 aromatic heterocycles. The van der Waals surface area contributed by atoms with E-state index in [4.69, 9.17) is 9.47 Å². The average Bonchev–Trinajstić information content (AvgIpc) is 3.07. The third-order valence-electron chi connectivity index (χ3n) is 4.97. The molecule has 1 saturated carbocycles. The van der Waals surface area contributed by atoms with Crippen molar-refractivity contribution in [3.63, 3.8) is 0 Å². The second-order valence-electron chi connectivity index (χ2n) is 6.22. The summed E-state index contributed by atoms with van der Waals surface area (Å²) in [6.45, 7) is 2.79. The van der Waals surface area contributed by atoms with E-state index >= 15 is 0 Å². The summed E-state index contributed by atoms with van der Waals surface area (Å²) in [5, 5.41) is 0. The fourth-order valence-electron chi connectivity index (χ4n) is 3.86. The first-order valence-electron chi connectivity index (χ1n) is 7.69. The normalized spacial score (nSPS) is 33.6. The Morgan fingerprint density at radius 3 is 2.57 bits per heavy atom. The maximum Gasteiger partial charge on any atom is 0.534 e. The molecule has 23 heavy (non-hydrogen) atoms. The molecule has 0 amide bonds. The number of allylic oxidation sites excluding steroid dienone is 2. The van der Waals surface area contributed by atoms with Crippen LogP contribution in [-0.2, 0) is 23.8 Å². The van der Waals surface area contributed by atoms with Crippen molar-refractivity contribution in [2.45, 2.75) is 43.9 Å². The van der Waals surface area contributed by atoms with Gasteiger partial charge < -0.3 is 13.7 Å². The Labute approximate surface area is 132 Å². The van der Waals surface area contributed by atoms with Gasteiger partial charge in [-0.15, -0.1) is 0 Å². The van der Waals surface area contributed by atoms with Crippen molar-refractivity contribution in [3.8, 4) is 0 Å². The molecule has 0 radical (unpaired) electrons. The van der Waals surface area contributed by atoms with E-state index in [1.807, 2.05) is 6.92 Å². The lowest BCUT2D eigenvalue weighted by atomic mass is 9.77. The van der Waals surface area contributed by atoms with E-state index < -0.39 is 27.3 Å². The molecule has 3 atom stereocenters. The maximum absolute atomic E-state index is 12.6. The molecule has 3 rings (SSSR count). The monoisotopic (exact) mass is 356 g/mol. The number of alkyl halides is 3. The van der Waals surface area contributed by atoms with Gasteiger partial charge in [0.25, 0.3) is 0 Å². The highest BCUT2D eigenvalue weighted by Crippen LogP contribution is 2.54. The molecule has 0 aromatic rings. The van der Waals surface area contributed by atoms with Gasteiger partial charge in [0.1, 0.15) is 5.76 Å². The molecule has 9 heteroatoms. The van der Waals surface area contributed by atoms with Gasteiger partial charge >= 0.3 is 15.6 Å². The molecule has 1 saturated heterocycles. The number of ether oxygens (including phenoxy) is 2. The smallest absolute Gasteiger partial charge is 0.381 e. The summed E-state index contributed by atoms with van der Waals surface area (Å²) in [6, 6.07) is 0. The van der Waals surface area contributed by atoms with Crippen molar-refractivity contribution in [1.82, 2.24) is 0 Å². The van der Waals surface area contributed by atoms with Gasteiger partial charge in [-0.25, -0.2) is 0 Å². The Kier molecular flexibility index (Phi) is 4.17. The minimum atomic E-state index is -5.65. The molecular formula is C14H19F3O5S. The number of fused-ring (bicyclic) bond motifs is 2. The van der Waals surface area contributed by atoms with Crippen LogP contribution >= 0.6 is 0 Å². The van der Waals surface area contributed by atoms with Crippen molar-refractivity contribution in [3.05, 3.63) is 11.8 Å². The van der Waals surface area contributed by atoms with E-state index in [-0.39, 0.29) is 17.6 Å². The van der Waals surface area contributed by atoms with Crippen LogP contribution < -0.4 is 0 Å². The highest BCUT2D eigenvalue weighted by Gasteiger charge is 2.57. The zero-order valence-electron chi connectivity index (χ0n) is 12.6. The molecule has 0 bridgehead atoms. The van der Waals surface area contributed by atoms with Crippen molar-refractivity contribution in [2.24, 2.45) is 17.8 Å². The number of rotatable bonds is 3. The van der Waals surface area contributed by atoms with Crippen molar-refractivity contribution in [1.29, 1.82) is 0 Å². The Hall–Kier alpha value is -0.800. The zero-order chi connectivity index (χ0) is 16.9. The van der Waals surface area contributed by atoms with Crippen LogP contribution in [0.3, 0.4) is 0 Å². The fourth-order valence-corrected chi connectivity index (χ4v) is 4.39. The van der Waals surface area contributed by atoms with Gasteiger partial charge in [0.2, 0.25) is 0 Å². The average molecular weight is 356 g/mol. The Morgan fingerprint density at radius 1 is 1.35 bits per heavy atom. The van der Waals surface area contributed by atoms with E-state index in [2.05, 4.69) is 4.18 Å². The second kappa shape index (κ2) is 5.63. The molecule has 2 aliphatic carbocycles. The first-order chi connectivity index (χ1) is 10.7. The molecule has 1 heterocycles. The summed E-state index contributed by atoms with van der Waals surface area (Å²) in [6.07, 6.45) is 3.92. The molecule has 0 N–H and O–H groups in total. The molecule has 5 nitrogen and oxygen atoms in total. The van der Waals surface area contributed by atoms with E-state index in [1.54, 1.807) is 0 Å². The van der Waals surface area contributed by atoms with Gasteiger partial charge in [-0.1, -0.05) is 6.92 Å². The highest BCUT2D eigenvalue weighted by molar-refractivity contribution is 7.87. The van der Waals surface area contributed by atoms with Crippen LogP contribution in [0.15, 0.2) is 11.8 Å². The van der Waals surface area contributed by atoms with E-state index in [0.29, 0.717) is 38.9 Å². The van der Waals surface area contributed by atoms with Gasteiger partial charge in [-0.2, -0.15) is 21.6 Å². The van der Waals surface area contributed by atoms with E-state index in [1.165, 1.54) is 6.08 Å². The van der Waals surface area contributed by atoms with Gasteiger partial charge in [-0.3, -0.25) is 0 Å². The molecule has 2 fully saturated rings. The first-order valence-corrected chi connectivity index (χ1v) is 9.10. The largest absolute Gasteiger partial charge is 0.534 e. The SMILES string of the molecule is CC[C@H]1C=C(OS(=O)(=O)C(F)(F)F)[C@H]2CCC3(OCCO3)[C@H]2C1. The van der Waals surface area contributed by atoms with Gasteiger partial charge in [-0.05, 0) is 31.3 Å². The number of halogens is 3. The van der Waals surface area contributed by atoms with Crippen molar-refractivity contribution < 1.29 is 35.2 Å². The molecule has 1 aliphatic heterocycles. The van der Waals surface area contributed by atoms with Crippen LogP contribution in [0.4, 0.5) is 13.2 Å². The van der Waals surface area contributed by atoms with Crippen LogP contribution in [-0.4, -0.2) is 32.9 Å². The second-order valence-corrected chi connectivity index (χ2v) is 7.75. The first kappa shape index (κ1) is 17.0. The molecular weight excluding hydrogens is 337 g/mol. The predicted octanol–water partition coefficient (Wildman–Crippen LogP) is 2.94. The van der Waals surface area contributed by atoms with E-state index in [0.717, 1.165) is 0 Å². The molecule has 132 valence electrons. The predicted molar refractivity (Wildman–Crippen MR) is 73.4 cm³/mol. The van der Waals surface area contributed by atoms with Crippen LogP contribution in [0, 0.1) is 17.8 Å². The van der Waals surface area contributed by atoms with Gasteiger partial charge in [0.15, 0.2) is 5.79 Å². The lowest BCUT2D eigenvalue weighted by Crippen LogP contribution is -2.40. The van der Waals surface area contributed by atoms with Crippen molar-refractivity contribution >= 4 is 10.1 Å².